The average molecular weight is 474 g/mol. The SMILES string of the molecule is CCN=C(NC1C2CCOC2C1(C)C)N1CCC(c2ncn[nH]2)CC1.I. The normalized spacial score (nSPS) is 31.1. The molecule has 26 heavy (non-hydrogen) atoms. The van der Waals surface area contributed by atoms with Crippen molar-refractivity contribution in [3.8, 4) is 0 Å². The Bertz CT molecular complexity index is 611. The van der Waals surface area contributed by atoms with Crippen LogP contribution in [0.2, 0.25) is 0 Å². The molecule has 146 valence electrons. The van der Waals surface area contributed by atoms with Gasteiger partial charge in [-0.25, -0.2) is 4.98 Å². The van der Waals surface area contributed by atoms with Gasteiger partial charge in [0.1, 0.15) is 12.2 Å². The van der Waals surface area contributed by atoms with Gasteiger partial charge in [0.25, 0.3) is 0 Å². The second-order valence-corrected chi connectivity index (χ2v) is 8.12. The number of aliphatic imine (C=N–C) groups is 1. The zero-order chi connectivity index (χ0) is 17.4. The van der Waals surface area contributed by atoms with E-state index in [0.29, 0.717) is 24.0 Å². The molecular weight excluding hydrogens is 443 g/mol. The molecule has 8 heteroatoms. The fraction of sp³-hybridized carbons (Fsp3) is 0.833. The zero-order valence-electron chi connectivity index (χ0n) is 15.9. The summed E-state index contributed by atoms with van der Waals surface area (Å²) in [6, 6.07) is 0.456. The predicted molar refractivity (Wildman–Crippen MR) is 112 cm³/mol. The van der Waals surface area contributed by atoms with Gasteiger partial charge in [-0.1, -0.05) is 13.8 Å². The molecule has 2 N–H and O–H groups in total. The number of piperidine rings is 1. The second kappa shape index (κ2) is 8.00. The fourth-order valence-electron chi connectivity index (χ4n) is 4.92. The molecule has 1 saturated carbocycles. The van der Waals surface area contributed by atoms with Crippen LogP contribution in [-0.2, 0) is 4.74 Å². The molecule has 0 aromatic carbocycles. The third kappa shape index (κ3) is 3.46. The highest BCUT2D eigenvalue weighted by molar-refractivity contribution is 14.0. The molecule has 7 nitrogen and oxygen atoms in total. The maximum atomic E-state index is 5.93. The third-order valence-electron chi connectivity index (χ3n) is 6.31. The largest absolute Gasteiger partial charge is 0.377 e. The maximum Gasteiger partial charge on any atom is 0.194 e. The van der Waals surface area contributed by atoms with Crippen LogP contribution in [-0.4, -0.2) is 64.4 Å². The first-order chi connectivity index (χ1) is 12.1. The Morgan fingerprint density at radius 2 is 2.15 bits per heavy atom. The van der Waals surface area contributed by atoms with Crippen LogP contribution in [0.5, 0.6) is 0 Å². The number of ether oxygens (including phenoxy) is 1. The summed E-state index contributed by atoms with van der Waals surface area (Å²) in [6.07, 6.45) is 5.35. The van der Waals surface area contributed by atoms with Crippen LogP contribution >= 0.6 is 24.0 Å². The highest BCUT2D eigenvalue weighted by atomic mass is 127. The smallest absolute Gasteiger partial charge is 0.194 e. The molecule has 3 unspecified atom stereocenters. The van der Waals surface area contributed by atoms with Crippen molar-refractivity contribution in [2.24, 2.45) is 16.3 Å². The molecule has 1 aromatic rings. The van der Waals surface area contributed by atoms with Gasteiger partial charge in [0.15, 0.2) is 5.96 Å². The van der Waals surface area contributed by atoms with Crippen LogP contribution in [0, 0.1) is 11.3 Å². The van der Waals surface area contributed by atoms with Gasteiger partial charge in [-0.3, -0.25) is 10.1 Å². The molecule has 0 amide bonds. The molecule has 3 fully saturated rings. The van der Waals surface area contributed by atoms with Crippen LogP contribution in [0.4, 0.5) is 0 Å². The number of likely N-dealkylation sites (tertiary alicyclic amines) is 1. The van der Waals surface area contributed by atoms with Crippen molar-refractivity contribution < 1.29 is 4.74 Å². The lowest BCUT2D eigenvalue weighted by molar-refractivity contribution is -0.107. The van der Waals surface area contributed by atoms with E-state index in [1.165, 1.54) is 6.42 Å². The lowest BCUT2D eigenvalue weighted by Gasteiger charge is -2.55. The summed E-state index contributed by atoms with van der Waals surface area (Å²) in [5.41, 5.74) is 0.174. The molecule has 1 aromatic heterocycles. The Hall–Kier alpha value is -0.900. The van der Waals surface area contributed by atoms with Gasteiger partial charge in [0, 0.05) is 49.5 Å². The summed E-state index contributed by atoms with van der Waals surface area (Å²) in [5, 5.41) is 10.8. The van der Waals surface area contributed by atoms with Gasteiger partial charge < -0.3 is 15.0 Å². The monoisotopic (exact) mass is 474 g/mol. The summed E-state index contributed by atoms with van der Waals surface area (Å²) < 4.78 is 5.93. The zero-order valence-corrected chi connectivity index (χ0v) is 18.3. The van der Waals surface area contributed by atoms with Crippen LogP contribution in [0.25, 0.3) is 0 Å². The lowest BCUT2D eigenvalue weighted by Crippen LogP contribution is -2.68. The van der Waals surface area contributed by atoms with E-state index in [4.69, 9.17) is 9.73 Å². The van der Waals surface area contributed by atoms with Gasteiger partial charge in [0.05, 0.1) is 6.10 Å². The topological polar surface area (TPSA) is 78.4 Å². The Kier molecular flexibility index (Phi) is 6.11. The molecule has 2 aliphatic heterocycles. The Labute approximate surface area is 172 Å². The summed E-state index contributed by atoms with van der Waals surface area (Å²) in [7, 11) is 0. The van der Waals surface area contributed by atoms with E-state index in [2.05, 4.69) is 46.2 Å². The van der Waals surface area contributed by atoms with Crippen molar-refractivity contribution in [3.05, 3.63) is 12.2 Å². The Balaban J connectivity index is 0.00000196. The van der Waals surface area contributed by atoms with E-state index in [-0.39, 0.29) is 29.4 Å². The maximum absolute atomic E-state index is 5.93. The van der Waals surface area contributed by atoms with Crippen LogP contribution < -0.4 is 5.32 Å². The first-order valence-corrected chi connectivity index (χ1v) is 9.64. The fourth-order valence-corrected chi connectivity index (χ4v) is 4.92. The second-order valence-electron chi connectivity index (χ2n) is 8.12. The quantitative estimate of drug-likeness (QED) is 0.400. The van der Waals surface area contributed by atoms with Crippen molar-refractivity contribution in [2.75, 3.05) is 26.2 Å². The number of halogens is 1. The molecule has 0 bridgehead atoms. The molecule has 4 rings (SSSR count). The minimum absolute atomic E-state index is 0. The number of H-pyrrole nitrogens is 1. The molecule has 3 heterocycles. The summed E-state index contributed by atoms with van der Waals surface area (Å²) >= 11 is 0. The Morgan fingerprint density at radius 1 is 1.38 bits per heavy atom. The lowest BCUT2D eigenvalue weighted by atomic mass is 9.57. The van der Waals surface area contributed by atoms with E-state index in [1.807, 2.05) is 0 Å². The first-order valence-electron chi connectivity index (χ1n) is 9.64. The molecule has 2 saturated heterocycles. The van der Waals surface area contributed by atoms with Crippen molar-refractivity contribution in [1.82, 2.24) is 25.4 Å². The number of nitrogens with one attached hydrogen (secondary N) is 2. The minimum atomic E-state index is 0. The van der Waals surface area contributed by atoms with Crippen molar-refractivity contribution >= 4 is 29.9 Å². The van der Waals surface area contributed by atoms with Gasteiger partial charge >= 0.3 is 0 Å². The standard InChI is InChI=1S/C18H30N6O.HI/c1-4-19-17(22-14-13-7-10-25-15(13)18(14,2)3)24-8-5-12(6-9-24)16-20-11-21-23-16;/h11-15H,4-10H2,1-3H3,(H,19,22)(H,20,21,23);1H. The number of aromatic amines is 1. The third-order valence-corrected chi connectivity index (χ3v) is 6.31. The molecule has 0 radical (unpaired) electrons. The number of hydrogen-bond donors (Lipinski definition) is 2. The van der Waals surface area contributed by atoms with Crippen molar-refractivity contribution in [1.29, 1.82) is 0 Å². The molecule has 3 aliphatic rings. The number of rotatable bonds is 3. The summed E-state index contributed by atoms with van der Waals surface area (Å²) in [5.74, 6) is 3.20. The molecular formula is C18H31IN6O. The number of hydrogen-bond acceptors (Lipinski definition) is 4. The number of aromatic nitrogens is 3. The van der Waals surface area contributed by atoms with Crippen molar-refractivity contribution in [2.45, 2.75) is 58.1 Å². The van der Waals surface area contributed by atoms with E-state index in [9.17, 15) is 0 Å². The Morgan fingerprint density at radius 3 is 2.81 bits per heavy atom. The van der Waals surface area contributed by atoms with Gasteiger partial charge in [-0.2, -0.15) is 5.10 Å². The average Bonchev–Trinajstić information content (AvgIpc) is 3.29. The summed E-state index contributed by atoms with van der Waals surface area (Å²) in [4.78, 5) is 11.5. The first kappa shape index (κ1) is 19.9. The summed E-state index contributed by atoms with van der Waals surface area (Å²) in [6.45, 7) is 10.5. The highest BCUT2D eigenvalue weighted by Gasteiger charge is 2.59. The van der Waals surface area contributed by atoms with E-state index in [0.717, 1.165) is 50.9 Å². The van der Waals surface area contributed by atoms with Gasteiger partial charge in [-0.05, 0) is 26.2 Å². The predicted octanol–water partition coefficient (Wildman–Crippen LogP) is 2.38. The van der Waals surface area contributed by atoms with Gasteiger partial charge in [0.2, 0.25) is 0 Å². The van der Waals surface area contributed by atoms with E-state index < -0.39 is 0 Å². The van der Waals surface area contributed by atoms with Crippen LogP contribution in [0.1, 0.15) is 51.8 Å². The number of guanidine groups is 1. The molecule has 0 spiro atoms. The van der Waals surface area contributed by atoms with E-state index in [1.54, 1.807) is 6.33 Å². The van der Waals surface area contributed by atoms with Crippen LogP contribution in [0.3, 0.4) is 0 Å². The number of fused-ring (bicyclic) bond motifs is 1. The minimum Gasteiger partial charge on any atom is -0.377 e. The van der Waals surface area contributed by atoms with Crippen molar-refractivity contribution in [3.63, 3.8) is 0 Å². The van der Waals surface area contributed by atoms with E-state index >= 15 is 0 Å². The molecule has 3 atom stereocenters. The van der Waals surface area contributed by atoms with Crippen LogP contribution in [0.15, 0.2) is 11.3 Å². The van der Waals surface area contributed by atoms with Gasteiger partial charge in [-0.15, -0.1) is 24.0 Å². The highest BCUT2D eigenvalue weighted by Crippen LogP contribution is 2.52. The number of nitrogens with zero attached hydrogens (tertiary/aromatic N) is 4. The molecule has 1 aliphatic carbocycles.